The van der Waals surface area contributed by atoms with Crippen LogP contribution in [-0.4, -0.2) is 17.9 Å². The van der Waals surface area contributed by atoms with Crippen LogP contribution in [0, 0.1) is 5.92 Å². The summed E-state index contributed by atoms with van der Waals surface area (Å²) in [5.41, 5.74) is 7.22. The number of carbonyl (C=O) groups is 2. The van der Waals surface area contributed by atoms with Crippen molar-refractivity contribution in [3.05, 3.63) is 29.8 Å². The molecule has 0 bridgehead atoms. The monoisotopic (exact) mass is 261 g/mol. The Morgan fingerprint density at radius 1 is 1.32 bits per heavy atom. The van der Waals surface area contributed by atoms with E-state index in [4.69, 9.17) is 5.73 Å². The minimum Gasteiger partial charge on any atom is -0.351 e. The van der Waals surface area contributed by atoms with Crippen LogP contribution in [0.5, 0.6) is 0 Å². The largest absolute Gasteiger partial charge is 0.351 e. The zero-order valence-electron chi connectivity index (χ0n) is 11.0. The topological polar surface area (TPSA) is 84.2 Å². The highest BCUT2D eigenvalue weighted by molar-refractivity contribution is 5.94. The summed E-state index contributed by atoms with van der Waals surface area (Å²) in [5, 5.41) is 5.60. The van der Waals surface area contributed by atoms with Gasteiger partial charge in [0.2, 0.25) is 11.8 Å². The molecule has 2 amide bonds. The first-order valence-corrected chi connectivity index (χ1v) is 6.49. The van der Waals surface area contributed by atoms with Gasteiger partial charge in [-0.1, -0.05) is 12.1 Å². The molecule has 1 aromatic carbocycles. The van der Waals surface area contributed by atoms with Gasteiger partial charge in [-0.2, -0.15) is 0 Å². The summed E-state index contributed by atoms with van der Waals surface area (Å²) in [6.07, 6.45) is 1.99. The van der Waals surface area contributed by atoms with Crippen molar-refractivity contribution in [2.75, 3.05) is 5.32 Å². The molecular weight excluding hydrogens is 242 g/mol. The third kappa shape index (κ3) is 4.06. The maximum Gasteiger partial charge on any atom is 0.236 e. The van der Waals surface area contributed by atoms with Gasteiger partial charge in [-0.15, -0.1) is 0 Å². The first kappa shape index (κ1) is 13.5. The van der Waals surface area contributed by atoms with Crippen LogP contribution in [0.1, 0.15) is 25.3 Å². The lowest BCUT2D eigenvalue weighted by Gasteiger charge is -2.09. The minimum atomic E-state index is -0.503. The molecule has 1 aliphatic rings. The smallest absolute Gasteiger partial charge is 0.236 e. The van der Waals surface area contributed by atoms with Gasteiger partial charge in [-0.05, 0) is 37.5 Å². The fraction of sp³-hybridized carbons (Fsp3) is 0.429. The van der Waals surface area contributed by atoms with Crippen molar-refractivity contribution < 1.29 is 9.59 Å². The molecule has 0 heterocycles. The Balaban J connectivity index is 1.83. The maximum atomic E-state index is 11.6. The number of rotatable bonds is 5. The number of nitrogens with two attached hydrogens (primary N) is 1. The SMILES string of the molecule is C[C@H](N)C(=O)NCc1ccc(NC(=O)C2CC2)cc1. The molecule has 102 valence electrons. The van der Waals surface area contributed by atoms with Gasteiger partial charge in [-0.25, -0.2) is 0 Å². The Kier molecular flexibility index (Phi) is 4.16. The van der Waals surface area contributed by atoms with E-state index in [1.807, 2.05) is 24.3 Å². The molecule has 0 spiro atoms. The molecule has 0 aromatic heterocycles. The third-order valence-corrected chi connectivity index (χ3v) is 3.05. The summed E-state index contributed by atoms with van der Waals surface area (Å²) in [5.74, 6) is 0.120. The molecule has 0 radical (unpaired) electrons. The first-order chi connectivity index (χ1) is 9.06. The van der Waals surface area contributed by atoms with Crippen LogP contribution < -0.4 is 16.4 Å². The third-order valence-electron chi connectivity index (χ3n) is 3.05. The quantitative estimate of drug-likeness (QED) is 0.739. The van der Waals surface area contributed by atoms with E-state index in [1.165, 1.54) is 0 Å². The molecule has 0 aliphatic heterocycles. The van der Waals surface area contributed by atoms with Crippen molar-refractivity contribution in [3.63, 3.8) is 0 Å². The van der Waals surface area contributed by atoms with Crippen LogP contribution in [0.15, 0.2) is 24.3 Å². The lowest BCUT2D eigenvalue weighted by atomic mass is 10.2. The Morgan fingerprint density at radius 2 is 1.95 bits per heavy atom. The van der Waals surface area contributed by atoms with Crippen molar-refractivity contribution in [3.8, 4) is 0 Å². The van der Waals surface area contributed by atoms with Crippen molar-refractivity contribution in [1.82, 2.24) is 5.32 Å². The van der Waals surface area contributed by atoms with Crippen molar-refractivity contribution in [2.45, 2.75) is 32.4 Å². The van der Waals surface area contributed by atoms with Crippen LogP contribution in [0.3, 0.4) is 0 Å². The summed E-state index contributed by atoms with van der Waals surface area (Å²) in [7, 11) is 0. The summed E-state index contributed by atoms with van der Waals surface area (Å²) in [4.78, 5) is 22.9. The lowest BCUT2D eigenvalue weighted by molar-refractivity contribution is -0.122. The summed E-state index contributed by atoms with van der Waals surface area (Å²) >= 11 is 0. The number of hydrogen-bond donors (Lipinski definition) is 3. The van der Waals surface area contributed by atoms with E-state index in [0.717, 1.165) is 24.1 Å². The van der Waals surface area contributed by atoms with Crippen LogP contribution in [0.25, 0.3) is 0 Å². The molecule has 5 heteroatoms. The summed E-state index contributed by atoms with van der Waals surface area (Å²) in [6.45, 7) is 2.09. The molecule has 0 unspecified atom stereocenters. The predicted octanol–water partition coefficient (Wildman–Crippen LogP) is 0.998. The Morgan fingerprint density at radius 3 is 2.47 bits per heavy atom. The zero-order chi connectivity index (χ0) is 13.8. The highest BCUT2D eigenvalue weighted by atomic mass is 16.2. The molecule has 2 rings (SSSR count). The predicted molar refractivity (Wildman–Crippen MR) is 73.3 cm³/mol. The Bertz CT molecular complexity index is 464. The van der Waals surface area contributed by atoms with Crippen molar-refractivity contribution in [1.29, 1.82) is 0 Å². The normalized spacial score (nSPS) is 15.7. The van der Waals surface area contributed by atoms with E-state index in [2.05, 4.69) is 10.6 Å². The number of hydrogen-bond acceptors (Lipinski definition) is 3. The highest BCUT2D eigenvalue weighted by Crippen LogP contribution is 2.30. The molecule has 19 heavy (non-hydrogen) atoms. The van der Waals surface area contributed by atoms with Gasteiger partial charge in [0.15, 0.2) is 0 Å². The molecule has 1 aromatic rings. The molecule has 1 atom stereocenters. The number of benzene rings is 1. The second kappa shape index (κ2) is 5.84. The zero-order valence-corrected chi connectivity index (χ0v) is 11.0. The van der Waals surface area contributed by atoms with E-state index >= 15 is 0 Å². The Labute approximate surface area is 112 Å². The van der Waals surface area contributed by atoms with Gasteiger partial charge >= 0.3 is 0 Å². The van der Waals surface area contributed by atoms with Gasteiger partial charge in [-0.3, -0.25) is 9.59 Å². The van der Waals surface area contributed by atoms with Crippen LogP contribution in [0.4, 0.5) is 5.69 Å². The van der Waals surface area contributed by atoms with Gasteiger partial charge in [0, 0.05) is 18.2 Å². The molecule has 0 saturated heterocycles. The summed E-state index contributed by atoms with van der Waals surface area (Å²) in [6, 6.07) is 6.94. The van der Waals surface area contributed by atoms with E-state index in [0.29, 0.717) is 6.54 Å². The lowest BCUT2D eigenvalue weighted by Crippen LogP contribution is -2.37. The fourth-order valence-electron chi connectivity index (χ4n) is 1.65. The Hall–Kier alpha value is -1.88. The van der Waals surface area contributed by atoms with Gasteiger partial charge in [0.05, 0.1) is 6.04 Å². The maximum absolute atomic E-state index is 11.6. The number of carbonyl (C=O) groups excluding carboxylic acids is 2. The molecule has 1 saturated carbocycles. The molecule has 1 fully saturated rings. The van der Waals surface area contributed by atoms with E-state index < -0.39 is 6.04 Å². The van der Waals surface area contributed by atoms with E-state index in [1.54, 1.807) is 6.92 Å². The number of anilines is 1. The number of amides is 2. The van der Waals surface area contributed by atoms with Crippen LogP contribution >= 0.6 is 0 Å². The molecular formula is C14H19N3O2. The van der Waals surface area contributed by atoms with Crippen LogP contribution in [-0.2, 0) is 16.1 Å². The molecule has 5 nitrogen and oxygen atoms in total. The van der Waals surface area contributed by atoms with Gasteiger partial charge < -0.3 is 16.4 Å². The second-order valence-corrected chi connectivity index (χ2v) is 4.97. The van der Waals surface area contributed by atoms with Crippen molar-refractivity contribution >= 4 is 17.5 Å². The molecule has 1 aliphatic carbocycles. The van der Waals surface area contributed by atoms with Gasteiger partial charge in [0.25, 0.3) is 0 Å². The standard InChI is InChI=1S/C14H19N3O2/c1-9(15)13(18)16-8-10-2-6-12(7-3-10)17-14(19)11-4-5-11/h2-3,6-7,9,11H,4-5,8,15H2,1H3,(H,16,18)(H,17,19)/t9-/m0/s1. The number of nitrogens with one attached hydrogen (secondary N) is 2. The van der Waals surface area contributed by atoms with E-state index in [9.17, 15) is 9.59 Å². The second-order valence-electron chi connectivity index (χ2n) is 4.97. The summed E-state index contributed by atoms with van der Waals surface area (Å²) < 4.78 is 0. The van der Waals surface area contributed by atoms with Gasteiger partial charge in [0.1, 0.15) is 0 Å². The minimum absolute atomic E-state index is 0.0954. The highest BCUT2D eigenvalue weighted by Gasteiger charge is 2.29. The fourth-order valence-corrected chi connectivity index (χ4v) is 1.65. The van der Waals surface area contributed by atoms with E-state index in [-0.39, 0.29) is 17.7 Å². The van der Waals surface area contributed by atoms with Crippen molar-refractivity contribution in [2.24, 2.45) is 11.7 Å². The average molecular weight is 261 g/mol. The van der Waals surface area contributed by atoms with Crippen LogP contribution in [0.2, 0.25) is 0 Å². The first-order valence-electron chi connectivity index (χ1n) is 6.49. The molecule has 4 N–H and O–H groups in total. The average Bonchev–Trinajstić information content (AvgIpc) is 3.21.